The van der Waals surface area contributed by atoms with E-state index in [1.165, 1.54) is 0 Å². The van der Waals surface area contributed by atoms with Crippen molar-refractivity contribution < 1.29 is 13.2 Å². The number of aromatic nitrogens is 2. The van der Waals surface area contributed by atoms with E-state index in [1.807, 2.05) is 12.1 Å². The van der Waals surface area contributed by atoms with Gasteiger partial charge in [0.25, 0.3) is 0 Å². The molecule has 1 amide bonds. The van der Waals surface area contributed by atoms with Gasteiger partial charge in [-0.15, -0.1) is 0 Å². The molecule has 9 heteroatoms. The summed E-state index contributed by atoms with van der Waals surface area (Å²) in [6.07, 6.45) is 3.74. The maximum absolute atomic E-state index is 11.4. The summed E-state index contributed by atoms with van der Waals surface area (Å²) >= 11 is 0. The molecule has 1 aromatic heterocycles. The lowest BCUT2D eigenvalue weighted by Gasteiger charge is -2.18. The summed E-state index contributed by atoms with van der Waals surface area (Å²) in [6.45, 7) is 1.72. The molecule has 0 bridgehead atoms. The number of aryl methyl sites for hydroxylation is 2. The van der Waals surface area contributed by atoms with Crippen LogP contribution in [-0.2, 0) is 21.2 Å². The Morgan fingerprint density at radius 3 is 2.79 bits per heavy atom. The van der Waals surface area contributed by atoms with Crippen molar-refractivity contribution in [1.82, 2.24) is 9.97 Å². The van der Waals surface area contributed by atoms with Crippen molar-refractivity contribution in [2.75, 3.05) is 21.6 Å². The number of rotatable bonds is 4. The standard InChI is InChI=1S/C15H17N5O3S/c1-9-8-16-15(19-14(9)20-24(2,22)23)17-11-4-5-12-10(7-11)3-6-13(21)18-12/h4-5,7-8H,3,6H2,1-2H3,(H,18,21)(H2,16,17,19,20). The number of anilines is 4. The highest BCUT2D eigenvalue weighted by atomic mass is 32.2. The van der Waals surface area contributed by atoms with E-state index in [0.717, 1.165) is 23.2 Å². The highest BCUT2D eigenvalue weighted by Gasteiger charge is 2.15. The van der Waals surface area contributed by atoms with Gasteiger partial charge in [-0.2, -0.15) is 4.98 Å². The number of amides is 1. The van der Waals surface area contributed by atoms with Crippen molar-refractivity contribution in [3.8, 4) is 0 Å². The number of nitrogens with one attached hydrogen (secondary N) is 3. The summed E-state index contributed by atoms with van der Waals surface area (Å²) in [5.41, 5.74) is 3.22. The molecule has 3 N–H and O–H groups in total. The van der Waals surface area contributed by atoms with Gasteiger partial charge in [0.05, 0.1) is 6.26 Å². The minimum atomic E-state index is -3.41. The van der Waals surface area contributed by atoms with E-state index in [9.17, 15) is 13.2 Å². The number of sulfonamides is 1. The number of fused-ring (bicyclic) bond motifs is 1. The van der Waals surface area contributed by atoms with Gasteiger partial charge in [0, 0.05) is 29.6 Å². The zero-order valence-corrected chi connectivity index (χ0v) is 14.1. The summed E-state index contributed by atoms with van der Waals surface area (Å²) in [6, 6.07) is 5.54. The van der Waals surface area contributed by atoms with Gasteiger partial charge < -0.3 is 10.6 Å². The topological polar surface area (TPSA) is 113 Å². The predicted octanol–water partition coefficient (Wildman–Crippen LogP) is 1.78. The van der Waals surface area contributed by atoms with Gasteiger partial charge in [0.2, 0.25) is 21.9 Å². The summed E-state index contributed by atoms with van der Waals surface area (Å²) < 4.78 is 25.1. The van der Waals surface area contributed by atoms with Gasteiger partial charge in [0.15, 0.2) is 0 Å². The Morgan fingerprint density at radius 1 is 1.25 bits per heavy atom. The minimum absolute atomic E-state index is 0.0153. The largest absolute Gasteiger partial charge is 0.326 e. The summed E-state index contributed by atoms with van der Waals surface area (Å²) in [5.74, 6) is 0.535. The number of hydrogen-bond acceptors (Lipinski definition) is 6. The van der Waals surface area contributed by atoms with Crippen molar-refractivity contribution in [2.45, 2.75) is 19.8 Å². The molecular formula is C15H17N5O3S. The van der Waals surface area contributed by atoms with Gasteiger partial charge in [-0.3, -0.25) is 9.52 Å². The fourth-order valence-corrected chi connectivity index (χ4v) is 2.93. The third-order valence-corrected chi connectivity index (χ3v) is 4.07. The van der Waals surface area contributed by atoms with Crippen LogP contribution in [0.5, 0.6) is 0 Å². The van der Waals surface area contributed by atoms with Gasteiger partial charge in [-0.1, -0.05) is 0 Å². The zero-order valence-electron chi connectivity index (χ0n) is 13.3. The van der Waals surface area contributed by atoms with E-state index >= 15 is 0 Å². The lowest BCUT2D eigenvalue weighted by atomic mass is 10.0. The monoisotopic (exact) mass is 347 g/mol. The van der Waals surface area contributed by atoms with E-state index in [0.29, 0.717) is 18.4 Å². The van der Waals surface area contributed by atoms with Crippen LogP contribution >= 0.6 is 0 Å². The quantitative estimate of drug-likeness (QED) is 0.777. The van der Waals surface area contributed by atoms with Crippen LogP contribution in [0.1, 0.15) is 17.5 Å². The second-order valence-corrected chi connectivity index (χ2v) is 7.39. The predicted molar refractivity (Wildman–Crippen MR) is 91.9 cm³/mol. The van der Waals surface area contributed by atoms with Gasteiger partial charge in [-0.25, -0.2) is 13.4 Å². The maximum Gasteiger partial charge on any atom is 0.230 e. The number of benzene rings is 1. The molecule has 0 radical (unpaired) electrons. The van der Waals surface area contributed by atoms with Crippen molar-refractivity contribution in [2.24, 2.45) is 0 Å². The SMILES string of the molecule is Cc1cnc(Nc2ccc3c(c2)CCC(=O)N3)nc1NS(C)(=O)=O. The highest BCUT2D eigenvalue weighted by Crippen LogP contribution is 2.27. The van der Waals surface area contributed by atoms with Crippen LogP contribution in [-0.4, -0.2) is 30.5 Å². The van der Waals surface area contributed by atoms with Gasteiger partial charge in [0.1, 0.15) is 5.82 Å². The molecule has 0 unspecified atom stereocenters. The molecule has 3 rings (SSSR count). The molecule has 0 saturated heterocycles. The summed E-state index contributed by atoms with van der Waals surface area (Å²) in [7, 11) is -3.41. The number of nitrogens with zero attached hydrogens (tertiary/aromatic N) is 2. The molecular weight excluding hydrogens is 330 g/mol. The molecule has 0 fully saturated rings. The van der Waals surface area contributed by atoms with Crippen LogP contribution < -0.4 is 15.4 Å². The molecule has 2 heterocycles. The minimum Gasteiger partial charge on any atom is -0.326 e. The summed E-state index contributed by atoms with van der Waals surface area (Å²) in [5, 5.41) is 5.87. The molecule has 0 spiro atoms. The molecule has 8 nitrogen and oxygen atoms in total. The molecule has 24 heavy (non-hydrogen) atoms. The van der Waals surface area contributed by atoms with Crippen LogP contribution in [0.2, 0.25) is 0 Å². The first-order valence-electron chi connectivity index (χ1n) is 7.31. The average Bonchev–Trinajstić information content (AvgIpc) is 2.49. The normalized spacial score (nSPS) is 13.8. The molecule has 2 aromatic rings. The smallest absolute Gasteiger partial charge is 0.230 e. The van der Waals surface area contributed by atoms with Crippen molar-refractivity contribution in [3.05, 3.63) is 35.5 Å². The van der Waals surface area contributed by atoms with Crippen LogP contribution in [0.15, 0.2) is 24.4 Å². The lowest BCUT2D eigenvalue weighted by Crippen LogP contribution is -2.18. The van der Waals surface area contributed by atoms with Gasteiger partial charge >= 0.3 is 0 Å². The average molecular weight is 347 g/mol. The second-order valence-electron chi connectivity index (χ2n) is 5.64. The van der Waals surface area contributed by atoms with E-state index in [2.05, 4.69) is 25.3 Å². The molecule has 1 aromatic carbocycles. The first-order chi connectivity index (χ1) is 11.3. The second kappa shape index (κ2) is 6.08. The molecule has 126 valence electrons. The van der Waals surface area contributed by atoms with Crippen LogP contribution in [0.4, 0.5) is 23.1 Å². The number of hydrogen-bond donors (Lipinski definition) is 3. The van der Waals surface area contributed by atoms with Crippen LogP contribution in [0.3, 0.4) is 0 Å². The fraction of sp³-hybridized carbons (Fsp3) is 0.267. The van der Waals surface area contributed by atoms with E-state index < -0.39 is 10.0 Å². The Bertz CT molecular complexity index is 911. The molecule has 0 atom stereocenters. The molecule has 1 aliphatic heterocycles. The maximum atomic E-state index is 11.4. The van der Waals surface area contributed by atoms with E-state index in [-0.39, 0.29) is 17.7 Å². The molecule has 0 aliphatic carbocycles. The molecule has 0 saturated carbocycles. The Morgan fingerprint density at radius 2 is 2.04 bits per heavy atom. The third-order valence-electron chi connectivity index (χ3n) is 3.51. The van der Waals surface area contributed by atoms with Gasteiger partial charge in [-0.05, 0) is 37.1 Å². The molecule has 1 aliphatic rings. The van der Waals surface area contributed by atoms with E-state index in [1.54, 1.807) is 19.2 Å². The van der Waals surface area contributed by atoms with Crippen molar-refractivity contribution in [3.63, 3.8) is 0 Å². The third kappa shape index (κ3) is 3.80. The Kier molecular flexibility index (Phi) is 4.10. The first-order valence-corrected chi connectivity index (χ1v) is 9.20. The Hall–Kier alpha value is -2.68. The fourth-order valence-electron chi connectivity index (χ4n) is 2.37. The Balaban J connectivity index is 1.84. The first kappa shape index (κ1) is 16.2. The van der Waals surface area contributed by atoms with Crippen LogP contribution in [0, 0.1) is 6.92 Å². The summed E-state index contributed by atoms with van der Waals surface area (Å²) in [4.78, 5) is 19.7. The van der Waals surface area contributed by atoms with Crippen molar-refractivity contribution >= 4 is 39.1 Å². The number of carbonyl (C=O) groups is 1. The number of carbonyl (C=O) groups excluding carboxylic acids is 1. The van der Waals surface area contributed by atoms with E-state index in [4.69, 9.17) is 0 Å². The zero-order chi connectivity index (χ0) is 17.3. The Labute approximate surface area is 139 Å². The van der Waals surface area contributed by atoms with Crippen molar-refractivity contribution in [1.29, 1.82) is 0 Å². The van der Waals surface area contributed by atoms with Crippen LogP contribution in [0.25, 0.3) is 0 Å². The lowest BCUT2D eigenvalue weighted by molar-refractivity contribution is -0.116. The highest BCUT2D eigenvalue weighted by molar-refractivity contribution is 7.92.